The first-order chi connectivity index (χ1) is 9.29. The van der Waals surface area contributed by atoms with Crippen LogP contribution < -0.4 is 11.3 Å². The Labute approximate surface area is 118 Å². The summed E-state index contributed by atoms with van der Waals surface area (Å²) in [6.07, 6.45) is 0. The zero-order valence-electron chi connectivity index (χ0n) is 12.3. The third kappa shape index (κ3) is 1.71. The summed E-state index contributed by atoms with van der Waals surface area (Å²) >= 11 is 0. The third-order valence-electron chi connectivity index (χ3n) is 5.45. The van der Waals surface area contributed by atoms with Gasteiger partial charge in [0.2, 0.25) is 0 Å². The molecule has 3 N–H and O–H groups in total. The number of furan rings is 1. The van der Waals surface area contributed by atoms with Gasteiger partial charge in [-0.25, -0.2) is 9.82 Å². The average molecular weight is 276 g/mol. The van der Waals surface area contributed by atoms with Crippen molar-refractivity contribution in [3.63, 3.8) is 0 Å². The Hall–Kier alpha value is -1.39. The highest BCUT2D eigenvalue weighted by molar-refractivity contribution is 5.78. The van der Waals surface area contributed by atoms with E-state index in [1.807, 2.05) is 6.07 Å². The van der Waals surface area contributed by atoms with Crippen molar-refractivity contribution in [2.45, 2.75) is 33.7 Å². The first-order valence-electron chi connectivity index (χ1n) is 6.94. The lowest BCUT2D eigenvalue weighted by molar-refractivity contribution is 0.355. The van der Waals surface area contributed by atoms with Crippen molar-refractivity contribution in [3.05, 3.63) is 35.8 Å². The number of hydrazine groups is 1. The van der Waals surface area contributed by atoms with Crippen LogP contribution in [0.2, 0.25) is 0 Å². The van der Waals surface area contributed by atoms with E-state index in [4.69, 9.17) is 10.3 Å². The molecular weight excluding hydrogens is 255 g/mol. The summed E-state index contributed by atoms with van der Waals surface area (Å²) in [5.41, 5.74) is 3.95. The lowest BCUT2D eigenvalue weighted by Crippen LogP contribution is -2.31. The number of rotatable bonds is 3. The van der Waals surface area contributed by atoms with Crippen molar-refractivity contribution in [2.75, 3.05) is 0 Å². The summed E-state index contributed by atoms with van der Waals surface area (Å²) in [5, 5.41) is 0.775. The Morgan fingerprint density at radius 1 is 1.20 bits per heavy atom. The van der Waals surface area contributed by atoms with E-state index in [2.05, 4.69) is 33.1 Å². The summed E-state index contributed by atoms with van der Waals surface area (Å²) in [4.78, 5) is 0. The van der Waals surface area contributed by atoms with Crippen LogP contribution in [0.1, 0.15) is 39.5 Å². The van der Waals surface area contributed by atoms with Gasteiger partial charge in [-0.15, -0.1) is 0 Å². The maximum atomic E-state index is 13.3. The zero-order valence-corrected chi connectivity index (χ0v) is 12.3. The molecule has 0 aliphatic heterocycles. The van der Waals surface area contributed by atoms with Crippen molar-refractivity contribution in [1.29, 1.82) is 0 Å². The van der Waals surface area contributed by atoms with E-state index < -0.39 is 0 Å². The summed E-state index contributed by atoms with van der Waals surface area (Å²) < 4.78 is 19.1. The van der Waals surface area contributed by atoms with Crippen LogP contribution in [-0.2, 0) is 0 Å². The van der Waals surface area contributed by atoms with Crippen LogP contribution in [0.4, 0.5) is 4.39 Å². The van der Waals surface area contributed by atoms with Gasteiger partial charge in [0.15, 0.2) is 0 Å². The smallest absolute Gasteiger partial charge is 0.134 e. The van der Waals surface area contributed by atoms with Gasteiger partial charge in [0.25, 0.3) is 0 Å². The first-order valence-corrected chi connectivity index (χ1v) is 6.94. The van der Waals surface area contributed by atoms with Gasteiger partial charge >= 0.3 is 0 Å². The number of benzene rings is 1. The predicted octanol–water partition coefficient (Wildman–Crippen LogP) is 3.76. The maximum Gasteiger partial charge on any atom is 0.134 e. The Morgan fingerprint density at radius 3 is 2.40 bits per heavy atom. The van der Waals surface area contributed by atoms with Crippen LogP contribution in [-0.4, -0.2) is 0 Å². The van der Waals surface area contributed by atoms with E-state index in [9.17, 15) is 4.39 Å². The zero-order chi connectivity index (χ0) is 14.7. The largest absolute Gasteiger partial charge is 0.459 e. The molecule has 108 valence electrons. The van der Waals surface area contributed by atoms with Gasteiger partial charge in [0, 0.05) is 5.39 Å². The predicted molar refractivity (Wildman–Crippen MR) is 77.3 cm³/mol. The lowest BCUT2D eigenvalue weighted by Gasteiger charge is -2.15. The molecule has 3 nitrogen and oxygen atoms in total. The van der Waals surface area contributed by atoms with Crippen LogP contribution in [0, 0.1) is 22.6 Å². The van der Waals surface area contributed by atoms with Crippen molar-refractivity contribution in [3.8, 4) is 0 Å². The topological polar surface area (TPSA) is 51.2 Å². The molecule has 1 saturated carbocycles. The van der Waals surface area contributed by atoms with Gasteiger partial charge in [-0.05, 0) is 41.0 Å². The highest BCUT2D eigenvalue weighted by Crippen LogP contribution is 2.72. The van der Waals surface area contributed by atoms with E-state index >= 15 is 0 Å². The summed E-state index contributed by atoms with van der Waals surface area (Å²) in [6, 6.07) is 6.37. The second kappa shape index (κ2) is 4.06. The number of hydrogen-bond acceptors (Lipinski definition) is 3. The molecule has 0 saturated heterocycles. The quantitative estimate of drug-likeness (QED) is 0.663. The van der Waals surface area contributed by atoms with E-state index in [1.165, 1.54) is 12.1 Å². The molecule has 1 aliphatic carbocycles. The Bertz CT molecular complexity index is 646. The lowest BCUT2D eigenvalue weighted by atomic mass is 10.0. The fourth-order valence-corrected chi connectivity index (χ4v) is 3.61. The van der Waals surface area contributed by atoms with Gasteiger partial charge < -0.3 is 4.42 Å². The molecule has 3 rings (SSSR count). The second-order valence-corrected chi connectivity index (χ2v) is 6.90. The minimum atomic E-state index is -0.255. The molecule has 1 atom stereocenters. The van der Waals surface area contributed by atoms with E-state index in [0.29, 0.717) is 11.5 Å². The molecule has 1 aromatic heterocycles. The van der Waals surface area contributed by atoms with Gasteiger partial charge in [0.1, 0.15) is 17.2 Å². The number of halogens is 1. The first kappa shape index (κ1) is 13.6. The number of nitrogens with one attached hydrogen (secondary N) is 1. The molecule has 4 heteroatoms. The molecule has 0 radical (unpaired) electrons. The van der Waals surface area contributed by atoms with Crippen molar-refractivity contribution < 1.29 is 8.81 Å². The highest BCUT2D eigenvalue weighted by atomic mass is 19.1. The van der Waals surface area contributed by atoms with Crippen LogP contribution in [0.5, 0.6) is 0 Å². The number of fused-ring (bicyclic) bond motifs is 1. The van der Waals surface area contributed by atoms with Crippen LogP contribution in [0.15, 0.2) is 28.7 Å². The number of hydrogen-bond donors (Lipinski definition) is 2. The van der Waals surface area contributed by atoms with Gasteiger partial charge in [-0.1, -0.05) is 27.7 Å². The molecule has 1 fully saturated rings. The summed E-state index contributed by atoms with van der Waals surface area (Å²) in [7, 11) is 0. The number of nitrogens with two attached hydrogens (primary N) is 1. The van der Waals surface area contributed by atoms with Crippen molar-refractivity contribution in [2.24, 2.45) is 22.6 Å². The second-order valence-electron chi connectivity index (χ2n) is 6.90. The molecule has 2 aromatic rings. The SMILES string of the molecule is CC1(C)C(C(NN)c2cc3cc(F)ccc3o2)C1(C)C. The van der Waals surface area contributed by atoms with Crippen LogP contribution in [0.25, 0.3) is 11.0 Å². The van der Waals surface area contributed by atoms with E-state index in [0.717, 1.165) is 11.1 Å². The Balaban J connectivity index is 2.01. The molecule has 0 bridgehead atoms. The Kier molecular flexibility index (Phi) is 2.76. The molecule has 0 amide bonds. The summed E-state index contributed by atoms with van der Waals surface area (Å²) in [6.45, 7) is 8.96. The highest BCUT2D eigenvalue weighted by Gasteiger charge is 2.67. The summed E-state index contributed by atoms with van der Waals surface area (Å²) in [5.74, 6) is 6.66. The molecule has 20 heavy (non-hydrogen) atoms. The minimum absolute atomic E-state index is 0.0598. The molecule has 1 heterocycles. The third-order valence-corrected chi connectivity index (χ3v) is 5.45. The molecular formula is C16H21FN2O. The van der Waals surface area contributed by atoms with Crippen molar-refractivity contribution >= 4 is 11.0 Å². The van der Waals surface area contributed by atoms with Crippen molar-refractivity contribution in [1.82, 2.24) is 5.43 Å². The standard InChI is InChI=1S/C16H21FN2O/c1-15(2)14(16(15,3)4)13(19-18)12-8-9-7-10(17)5-6-11(9)20-12/h5-8,13-14,19H,18H2,1-4H3. The monoisotopic (exact) mass is 276 g/mol. The fraction of sp³-hybridized carbons (Fsp3) is 0.500. The average Bonchev–Trinajstić information content (AvgIpc) is 2.70. The van der Waals surface area contributed by atoms with Crippen LogP contribution in [0.3, 0.4) is 0 Å². The van der Waals surface area contributed by atoms with Gasteiger partial charge in [-0.3, -0.25) is 5.84 Å². The molecule has 1 unspecified atom stereocenters. The van der Waals surface area contributed by atoms with Gasteiger partial charge in [0.05, 0.1) is 6.04 Å². The molecule has 1 aliphatic rings. The minimum Gasteiger partial charge on any atom is -0.459 e. The Morgan fingerprint density at radius 2 is 1.85 bits per heavy atom. The normalized spacial score (nSPS) is 22.1. The fourth-order valence-electron chi connectivity index (χ4n) is 3.61. The molecule has 1 aromatic carbocycles. The van der Waals surface area contributed by atoms with E-state index in [1.54, 1.807) is 6.07 Å². The van der Waals surface area contributed by atoms with Crippen LogP contribution >= 0.6 is 0 Å². The van der Waals surface area contributed by atoms with Gasteiger partial charge in [-0.2, -0.15) is 0 Å². The molecule has 0 spiro atoms. The maximum absolute atomic E-state index is 13.3. The van der Waals surface area contributed by atoms with E-state index in [-0.39, 0.29) is 22.7 Å².